The van der Waals surface area contributed by atoms with Crippen LogP contribution in [0, 0.1) is 0 Å². The number of sulfone groups is 1. The van der Waals surface area contributed by atoms with Gasteiger partial charge in [0.15, 0.2) is 9.84 Å². The summed E-state index contributed by atoms with van der Waals surface area (Å²) in [5, 5.41) is 10.7. The Morgan fingerprint density at radius 2 is 1.79 bits per heavy atom. The van der Waals surface area contributed by atoms with E-state index in [0.29, 0.717) is 0 Å². The standard InChI is InChI=1S/C7H13NO5S/c1-7(2,6(10)11)8-5(9)4-14(3,12)13/h4H2,1-3H3,(H,8,9)(H,10,11). The van der Waals surface area contributed by atoms with E-state index in [1.807, 2.05) is 0 Å². The van der Waals surface area contributed by atoms with E-state index in [1.165, 1.54) is 13.8 Å². The maximum atomic E-state index is 11.0. The number of aliphatic carboxylic acids is 1. The van der Waals surface area contributed by atoms with Crippen molar-refractivity contribution in [3.63, 3.8) is 0 Å². The molecule has 0 aromatic heterocycles. The first-order valence-electron chi connectivity index (χ1n) is 3.77. The van der Waals surface area contributed by atoms with Crippen LogP contribution < -0.4 is 5.32 Å². The predicted molar refractivity (Wildman–Crippen MR) is 49.6 cm³/mol. The molecule has 0 saturated heterocycles. The highest BCUT2D eigenvalue weighted by Gasteiger charge is 2.29. The number of hydrogen-bond acceptors (Lipinski definition) is 4. The van der Waals surface area contributed by atoms with E-state index >= 15 is 0 Å². The van der Waals surface area contributed by atoms with E-state index in [9.17, 15) is 18.0 Å². The lowest BCUT2D eigenvalue weighted by Gasteiger charge is -2.20. The molecule has 0 aliphatic carbocycles. The van der Waals surface area contributed by atoms with Crippen molar-refractivity contribution in [2.75, 3.05) is 12.0 Å². The molecule has 0 spiro atoms. The highest BCUT2D eigenvalue weighted by atomic mass is 32.2. The minimum Gasteiger partial charge on any atom is -0.480 e. The SMILES string of the molecule is CC(C)(NC(=O)CS(C)(=O)=O)C(=O)O. The predicted octanol–water partition coefficient (Wildman–Crippen LogP) is -0.990. The van der Waals surface area contributed by atoms with E-state index in [1.54, 1.807) is 0 Å². The number of carbonyl (C=O) groups excluding carboxylic acids is 1. The van der Waals surface area contributed by atoms with Crippen LogP contribution in [-0.4, -0.2) is 42.9 Å². The Morgan fingerprint density at radius 3 is 2.07 bits per heavy atom. The van der Waals surface area contributed by atoms with Crippen LogP contribution >= 0.6 is 0 Å². The van der Waals surface area contributed by atoms with Gasteiger partial charge in [0.05, 0.1) is 0 Å². The quantitative estimate of drug-likeness (QED) is 0.637. The number of rotatable bonds is 4. The molecule has 0 aromatic carbocycles. The number of amides is 1. The van der Waals surface area contributed by atoms with Crippen LogP contribution in [0.1, 0.15) is 13.8 Å². The molecule has 0 fully saturated rings. The minimum atomic E-state index is -3.43. The van der Waals surface area contributed by atoms with Crippen molar-refractivity contribution in [1.82, 2.24) is 5.32 Å². The van der Waals surface area contributed by atoms with Gasteiger partial charge in [-0.05, 0) is 13.8 Å². The summed E-state index contributed by atoms with van der Waals surface area (Å²) in [4.78, 5) is 21.6. The number of carboxylic acid groups (broad SMARTS) is 1. The van der Waals surface area contributed by atoms with Crippen molar-refractivity contribution in [2.24, 2.45) is 0 Å². The van der Waals surface area contributed by atoms with Crippen LogP contribution in [0.4, 0.5) is 0 Å². The molecular formula is C7H13NO5S. The van der Waals surface area contributed by atoms with Crippen molar-refractivity contribution >= 4 is 21.7 Å². The van der Waals surface area contributed by atoms with Crippen molar-refractivity contribution in [3.8, 4) is 0 Å². The Hall–Kier alpha value is -1.11. The van der Waals surface area contributed by atoms with E-state index in [2.05, 4.69) is 5.32 Å². The zero-order valence-electron chi connectivity index (χ0n) is 8.20. The van der Waals surface area contributed by atoms with Gasteiger partial charge in [0.1, 0.15) is 11.3 Å². The second-order valence-electron chi connectivity index (χ2n) is 3.55. The largest absolute Gasteiger partial charge is 0.480 e. The van der Waals surface area contributed by atoms with Gasteiger partial charge in [0, 0.05) is 6.26 Å². The number of carbonyl (C=O) groups is 2. The highest BCUT2D eigenvalue weighted by Crippen LogP contribution is 2.01. The maximum Gasteiger partial charge on any atom is 0.328 e. The lowest BCUT2D eigenvalue weighted by Crippen LogP contribution is -2.51. The molecule has 82 valence electrons. The van der Waals surface area contributed by atoms with Crippen molar-refractivity contribution in [3.05, 3.63) is 0 Å². The van der Waals surface area contributed by atoms with Gasteiger partial charge in [-0.15, -0.1) is 0 Å². The van der Waals surface area contributed by atoms with Crippen molar-refractivity contribution < 1.29 is 23.1 Å². The second kappa shape index (κ2) is 3.95. The summed E-state index contributed by atoms with van der Waals surface area (Å²) >= 11 is 0. The first kappa shape index (κ1) is 12.9. The van der Waals surface area contributed by atoms with Crippen LogP contribution in [0.15, 0.2) is 0 Å². The number of carboxylic acids is 1. The first-order chi connectivity index (χ1) is 6.04. The summed E-state index contributed by atoms with van der Waals surface area (Å²) < 4.78 is 21.4. The molecule has 0 aliphatic rings. The lowest BCUT2D eigenvalue weighted by molar-refractivity contribution is -0.145. The van der Waals surface area contributed by atoms with Crippen LogP contribution in [-0.2, 0) is 19.4 Å². The summed E-state index contributed by atoms with van der Waals surface area (Å²) in [7, 11) is -3.43. The molecule has 0 aromatic rings. The molecule has 6 nitrogen and oxygen atoms in total. The third-order valence-electron chi connectivity index (χ3n) is 1.38. The fourth-order valence-corrected chi connectivity index (χ4v) is 1.22. The molecule has 1 amide bonds. The fourth-order valence-electron chi connectivity index (χ4n) is 0.676. The molecule has 7 heteroatoms. The van der Waals surface area contributed by atoms with Crippen molar-refractivity contribution in [1.29, 1.82) is 0 Å². The van der Waals surface area contributed by atoms with E-state index in [0.717, 1.165) is 6.26 Å². The Morgan fingerprint density at radius 1 is 1.36 bits per heavy atom. The topological polar surface area (TPSA) is 101 Å². The summed E-state index contributed by atoms with van der Waals surface area (Å²) in [6.45, 7) is 2.55. The van der Waals surface area contributed by atoms with E-state index in [-0.39, 0.29) is 0 Å². The fraction of sp³-hybridized carbons (Fsp3) is 0.714. The van der Waals surface area contributed by atoms with Gasteiger partial charge in [-0.2, -0.15) is 0 Å². The second-order valence-corrected chi connectivity index (χ2v) is 5.69. The molecule has 0 saturated carbocycles. The van der Waals surface area contributed by atoms with Crippen LogP contribution in [0.5, 0.6) is 0 Å². The molecule has 0 aliphatic heterocycles. The third kappa shape index (κ3) is 4.80. The van der Waals surface area contributed by atoms with Crippen molar-refractivity contribution in [2.45, 2.75) is 19.4 Å². The molecule has 0 bridgehead atoms. The van der Waals surface area contributed by atoms with Crippen LogP contribution in [0.2, 0.25) is 0 Å². The zero-order chi connectivity index (χ0) is 11.6. The first-order valence-corrected chi connectivity index (χ1v) is 5.83. The van der Waals surface area contributed by atoms with Gasteiger partial charge in [-0.3, -0.25) is 4.79 Å². The molecule has 0 rings (SSSR count). The average Bonchev–Trinajstić information content (AvgIpc) is 1.79. The zero-order valence-corrected chi connectivity index (χ0v) is 9.01. The summed E-state index contributed by atoms with van der Waals surface area (Å²) in [5.74, 6) is -2.75. The number of hydrogen-bond donors (Lipinski definition) is 2. The van der Waals surface area contributed by atoms with Crippen LogP contribution in [0.3, 0.4) is 0 Å². The van der Waals surface area contributed by atoms with Gasteiger partial charge in [0.25, 0.3) is 0 Å². The Bertz CT molecular complexity index is 343. The molecule has 0 radical (unpaired) electrons. The van der Waals surface area contributed by atoms with Gasteiger partial charge < -0.3 is 10.4 Å². The summed E-state index contributed by atoms with van der Waals surface area (Å²) in [6, 6.07) is 0. The monoisotopic (exact) mass is 223 g/mol. The lowest BCUT2D eigenvalue weighted by atomic mass is 10.1. The van der Waals surface area contributed by atoms with Gasteiger partial charge in [-0.25, -0.2) is 13.2 Å². The molecule has 0 unspecified atom stereocenters. The normalized spacial score (nSPS) is 12.2. The van der Waals surface area contributed by atoms with Gasteiger partial charge in [0.2, 0.25) is 5.91 Å². The molecule has 14 heavy (non-hydrogen) atoms. The van der Waals surface area contributed by atoms with Crippen LogP contribution in [0.25, 0.3) is 0 Å². The van der Waals surface area contributed by atoms with Gasteiger partial charge >= 0.3 is 5.97 Å². The molecule has 2 N–H and O–H groups in total. The third-order valence-corrected chi connectivity index (χ3v) is 2.17. The minimum absolute atomic E-state index is 0.705. The Kier molecular flexibility index (Phi) is 3.64. The maximum absolute atomic E-state index is 11.0. The average molecular weight is 223 g/mol. The molecule has 0 heterocycles. The van der Waals surface area contributed by atoms with E-state index in [4.69, 9.17) is 5.11 Å². The Balaban J connectivity index is 4.42. The summed E-state index contributed by atoms with van der Waals surface area (Å²) in [6.07, 6.45) is 0.903. The molecular weight excluding hydrogens is 210 g/mol. The molecule has 0 atom stereocenters. The summed E-state index contributed by atoms with van der Waals surface area (Å²) in [5.41, 5.74) is -1.46. The van der Waals surface area contributed by atoms with Gasteiger partial charge in [-0.1, -0.05) is 0 Å². The van der Waals surface area contributed by atoms with E-state index < -0.39 is 33.0 Å². The smallest absolute Gasteiger partial charge is 0.328 e. The Labute approximate surface area is 82.2 Å². The highest BCUT2D eigenvalue weighted by molar-refractivity contribution is 7.91. The number of nitrogens with one attached hydrogen (secondary N) is 1.